The highest BCUT2D eigenvalue weighted by atomic mass is 16.3. The Morgan fingerprint density at radius 3 is 1.31 bits per heavy atom. The largest absolute Gasteiger partial charge is 0.377 e. The molecule has 0 aliphatic heterocycles. The zero-order valence-corrected chi connectivity index (χ0v) is 13.4. The van der Waals surface area contributed by atoms with Gasteiger partial charge in [-0.3, -0.25) is 14.4 Å². The predicted octanol–water partition coefficient (Wildman–Crippen LogP) is 3.31. The quantitative estimate of drug-likeness (QED) is 0.533. The summed E-state index contributed by atoms with van der Waals surface area (Å²) in [7, 11) is 0. The van der Waals surface area contributed by atoms with Gasteiger partial charge in [-0.1, -0.05) is 48.5 Å². The first kappa shape index (κ1) is 14.9. The fourth-order valence-electron chi connectivity index (χ4n) is 3.71. The molecule has 0 bridgehead atoms. The Labute approximate surface area is 148 Å². The van der Waals surface area contributed by atoms with Crippen molar-refractivity contribution in [2.75, 3.05) is 0 Å². The van der Waals surface area contributed by atoms with Gasteiger partial charge in [-0.15, -0.1) is 0 Å². The van der Waals surface area contributed by atoms with Crippen LogP contribution in [0.3, 0.4) is 0 Å². The fraction of sp³-hybridized carbons (Fsp3) is 0. The molecule has 4 nitrogen and oxygen atoms in total. The average molecular weight is 339 g/mol. The molecule has 0 saturated heterocycles. The minimum Gasteiger partial charge on any atom is -0.377 e. The van der Waals surface area contributed by atoms with Gasteiger partial charge in [-0.2, -0.15) is 0 Å². The molecule has 3 aromatic rings. The lowest BCUT2D eigenvalue weighted by atomic mass is 9.77. The number of ketones is 3. The summed E-state index contributed by atoms with van der Waals surface area (Å²) in [6.45, 7) is 0. The molecule has 0 amide bonds. The Balaban J connectivity index is 1.78. The van der Waals surface area contributed by atoms with E-state index in [1.807, 2.05) is 0 Å². The van der Waals surface area contributed by atoms with Crippen LogP contribution in [0.1, 0.15) is 58.9 Å². The van der Waals surface area contributed by atoms with E-state index in [1.165, 1.54) is 12.1 Å². The Bertz CT molecular complexity index is 1160. The number of carbonyl (C=O) groups is 3. The van der Waals surface area contributed by atoms with E-state index in [9.17, 15) is 19.5 Å². The molecule has 1 N–H and O–H groups in total. The van der Waals surface area contributed by atoms with Crippen molar-refractivity contribution in [1.82, 2.24) is 0 Å². The monoisotopic (exact) mass is 339 g/mol. The molecule has 0 fully saturated rings. The maximum absolute atomic E-state index is 12.9. The standard InChI is InChI=1S/C22H11O4/c23-19-11-5-1-2-6-12(11)20(24)16-10-18-17(9-15(16)19)21(25)13-7-3-4-8-14(13)22(18)26/h1-10,23H. The first-order valence-corrected chi connectivity index (χ1v) is 8.15. The molecule has 4 heteroatoms. The molecule has 123 valence electrons. The SMILES string of the molecule is O=C1c2ccccc2[C](O)c2cc3c(cc21)C(=O)c1ccccc1C3=O. The van der Waals surface area contributed by atoms with Gasteiger partial charge in [-0.25, -0.2) is 0 Å². The summed E-state index contributed by atoms with van der Waals surface area (Å²) in [5.41, 5.74) is 2.42. The second kappa shape index (κ2) is 5.07. The van der Waals surface area contributed by atoms with Gasteiger partial charge in [0.1, 0.15) is 0 Å². The third kappa shape index (κ3) is 1.79. The summed E-state index contributed by atoms with van der Waals surface area (Å²) in [6, 6.07) is 16.3. The number of rotatable bonds is 0. The molecule has 26 heavy (non-hydrogen) atoms. The molecule has 0 saturated carbocycles. The van der Waals surface area contributed by atoms with Gasteiger partial charge in [0.2, 0.25) is 0 Å². The van der Waals surface area contributed by atoms with Crippen molar-refractivity contribution in [3.63, 3.8) is 0 Å². The van der Waals surface area contributed by atoms with E-state index in [1.54, 1.807) is 48.5 Å². The first-order chi connectivity index (χ1) is 12.6. The zero-order valence-electron chi connectivity index (χ0n) is 13.4. The molecule has 2 aliphatic carbocycles. The summed E-state index contributed by atoms with van der Waals surface area (Å²) in [5, 5.41) is 10.6. The summed E-state index contributed by atoms with van der Waals surface area (Å²) >= 11 is 0. The lowest BCUT2D eigenvalue weighted by molar-refractivity contribution is 0.0977. The molecule has 2 aliphatic rings. The molecule has 0 aromatic heterocycles. The molecule has 0 atom stereocenters. The highest BCUT2D eigenvalue weighted by Gasteiger charge is 2.36. The minimum atomic E-state index is -0.288. The van der Waals surface area contributed by atoms with Crippen molar-refractivity contribution in [3.05, 3.63) is 111 Å². The molecule has 1 radical (unpaired) electrons. The fourth-order valence-corrected chi connectivity index (χ4v) is 3.71. The van der Waals surface area contributed by atoms with Gasteiger partial charge in [0.05, 0.1) is 0 Å². The number of fused-ring (bicyclic) bond motifs is 4. The van der Waals surface area contributed by atoms with Crippen LogP contribution in [0.4, 0.5) is 0 Å². The highest BCUT2D eigenvalue weighted by molar-refractivity contribution is 6.29. The van der Waals surface area contributed by atoms with Crippen LogP contribution in [0.25, 0.3) is 0 Å². The Morgan fingerprint density at radius 1 is 0.462 bits per heavy atom. The zero-order chi connectivity index (χ0) is 18.0. The highest BCUT2D eigenvalue weighted by Crippen LogP contribution is 2.38. The lowest BCUT2D eigenvalue weighted by Gasteiger charge is -2.26. The van der Waals surface area contributed by atoms with Gasteiger partial charge in [-0.05, 0) is 12.1 Å². The van der Waals surface area contributed by atoms with E-state index in [4.69, 9.17) is 0 Å². The van der Waals surface area contributed by atoms with Crippen LogP contribution in [0.5, 0.6) is 0 Å². The van der Waals surface area contributed by atoms with Crippen LogP contribution in [0, 0.1) is 6.10 Å². The van der Waals surface area contributed by atoms with Gasteiger partial charge >= 0.3 is 0 Å². The predicted molar refractivity (Wildman–Crippen MR) is 93.0 cm³/mol. The van der Waals surface area contributed by atoms with Gasteiger partial charge < -0.3 is 5.11 Å². The summed E-state index contributed by atoms with van der Waals surface area (Å²) in [5.74, 6) is -0.837. The molecule has 5 rings (SSSR count). The van der Waals surface area contributed by atoms with Crippen molar-refractivity contribution in [2.24, 2.45) is 0 Å². The number of hydrogen-bond donors (Lipinski definition) is 1. The van der Waals surface area contributed by atoms with Crippen LogP contribution in [0.2, 0.25) is 0 Å². The average Bonchev–Trinajstić information content (AvgIpc) is 2.69. The lowest BCUT2D eigenvalue weighted by Crippen LogP contribution is -2.25. The molecule has 0 unspecified atom stereocenters. The van der Waals surface area contributed by atoms with E-state index in [2.05, 4.69) is 0 Å². The van der Waals surface area contributed by atoms with E-state index in [-0.39, 0.29) is 45.7 Å². The normalized spacial score (nSPS) is 15.2. The summed E-state index contributed by atoms with van der Waals surface area (Å²) in [6.07, 6.45) is -0.0582. The Hall–Kier alpha value is -3.37. The Morgan fingerprint density at radius 2 is 0.808 bits per heavy atom. The third-order valence-corrected chi connectivity index (χ3v) is 4.99. The van der Waals surface area contributed by atoms with E-state index in [0.29, 0.717) is 22.3 Å². The van der Waals surface area contributed by atoms with Crippen LogP contribution in [0.15, 0.2) is 60.7 Å². The molecule has 0 heterocycles. The number of aliphatic hydroxyl groups excluding tert-OH is 1. The smallest absolute Gasteiger partial charge is 0.194 e. The van der Waals surface area contributed by atoms with Crippen molar-refractivity contribution in [1.29, 1.82) is 0 Å². The van der Waals surface area contributed by atoms with E-state index in [0.717, 1.165) is 0 Å². The van der Waals surface area contributed by atoms with Crippen LogP contribution < -0.4 is 0 Å². The molecule has 3 aromatic carbocycles. The van der Waals surface area contributed by atoms with Crippen molar-refractivity contribution in [2.45, 2.75) is 0 Å². The molecular weight excluding hydrogens is 328 g/mol. The number of aliphatic hydroxyl groups is 1. The Kier molecular flexibility index (Phi) is 2.91. The van der Waals surface area contributed by atoms with Crippen LogP contribution in [-0.2, 0) is 0 Å². The second-order valence-electron chi connectivity index (χ2n) is 6.37. The summed E-state index contributed by atoms with van der Waals surface area (Å²) < 4.78 is 0. The maximum Gasteiger partial charge on any atom is 0.194 e. The van der Waals surface area contributed by atoms with Crippen molar-refractivity contribution >= 4 is 17.3 Å². The van der Waals surface area contributed by atoms with Crippen LogP contribution in [-0.4, -0.2) is 22.5 Å². The van der Waals surface area contributed by atoms with Crippen molar-refractivity contribution < 1.29 is 19.5 Å². The topological polar surface area (TPSA) is 71.4 Å². The maximum atomic E-state index is 12.9. The second-order valence-corrected chi connectivity index (χ2v) is 6.37. The molecule has 0 spiro atoms. The summed E-state index contributed by atoms with van der Waals surface area (Å²) in [4.78, 5) is 38.5. The number of carbonyl (C=O) groups excluding carboxylic acids is 3. The van der Waals surface area contributed by atoms with Gasteiger partial charge in [0.25, 0.3) is 0 Å². The van der Waals surface area contributed by atoms with Crippen molar-refractivity contribution in [3.8, 4) is 0 Å². The minimum absolute atomic E-state index is 0.0582. The number of benzene rings is 3. The van der Waals surface area contributed by atoms with Gasteiger partial charge in [0.15, 0.2) is 23.5 Å². The molecular formula is C22H11O4. The van der Waals surface area contributed by atoms with E-state index >= 15 is 0 Å². The van der Waals surface area contributed by atoms with Crippen LogP contribution >= 0.6 is 0 Å². The number of hydrogen-bond acceptors (Lipinski definition) is 4. The third-order valence-electron chi connectivity index (χ3n) is 4.99. The first-order valence-electron chi connectivity index (χ1n) is 8.15. The van der Waals surface area contributed by atoms with Gasteiger partial charge in [0, 0.05) is 44.5 Å². The van der Waals surface area contributed by atoms with E-state index < -0.39 is 0 Å².